The van der Waals surface area contributed by atoms with Crippen LogP contribution in [-0.4, -0.2) is 23.7 Å². The van der Waals surface area contributed by atoms with Crippen molar-refractivity contribution >= 4 is 24.1 Å². The highest BCUT2D eigenvalue weighted by Gasteiger charge is 2.23. The van der Waals surface area contributed by atoms with Gasteiger partial charge in [0.2, 0.25) is 5.91 Å². The van der Waals surface area contributed by atoms with Crippen molar-refractivity contribution in [3.63, 3.8) is 0 Å². The number of carbonyl (C=O) groups excluding carboxylic acids is 1. The topological polar surface area (TPSA) is 67.2 Å². The monoisotopic (exact) mass is 287 g/mol. The highest BCUT2D eigenvalue weighted by molar-refractivity contribution is 5.94. The molecular weight excluding hydrogens is 266 g/mol. The van der Waals surface area contributed by atoms with E-state index in [-0.39, 0.29) is 29.8 Å². The van der Waals surface area contributed by atoms with Crippen LogP contribution in [0.1, 0.15) is 45.8 Å². The lowest BCUT2D eigenvalue weighted by Gasteiger charge is -2.21. The summed E-state index contributed by atoms with van der Waals surface area (Å²) in [5, 5.41) is 9.89. The molecule has 1 aromatic rings. The van der Waals surface area contributed by atoms with Crippen LogP contribution in [0.3, 0.4) is 0 Å². The molecule has 1 amide bonds. The number of carbonyl (C=O) groups is 1. The maximum Gasteiger partial charge on any atom is 0.242 e. The van der Waals surface area contributed by atoms with E-state index in [1.54, 1.807) is 6.07 Å². The molecule has 2 N–H and O–H groups in total. The first kappa shape index (κ1) is 16.0. The molecule has 0 aliphatic carbocycles. The molecule has 2 heterocycles. The lowest BCUT2D eigenvalue weighted by molar-refractivity contribution is -0.118. The van der Waals surface area contributed by atoms with E-state index in [1.165, 1.54) is 0 Å². The van der Waals surface area contributed by atoms with Crippen molar-refractivity contribution in [3.05, 3.63) is 11.8 Å². The number of amides is 1. The largest absolute Gasteiger partial charge is 0.359 e. The Labute approximate surface area is 119 Å². The average molecular weight is 288 g/mol. The molecule has 0 aromatic carbocycles. The zero-order chi connectivity index (χ0) is 13.2. The van der Waals surface area contributed by atoms with E-state index in [0.717, 1.165) is 31.6 Å². The molecule has 19 heavy (non-hydrogen) atoms. The zero-order valence-electron chi connectivity index (χ0n) is 11.7. The number of hydrogen-bond donors (Lipinski definition) is 2. The molecule has 1 aliphatic heterocycles. The molecule has 1 aliphatic rings. The average Bonchev–Trinajstić information content (AvgIpc) is 2.78. The van der Waals surface area contributed by atoms with Gasteiger partial charge in [-0.25, -0.2) is 0 Å². The number of nitrogens with zero attached hydrogens (tertiary/aromatic N) is 1. The lowest BCUT2D eigenvalue weighted by Crippen LogP contribution is -2.43. The van der Waals surface area contributed by atoms with E-state index >= 15 is 0 Å². The van der Waals surface area contributed by atoms with Crippen LogP contribution in [0.5, 0.6) is 0 Å². The van der Waals surface area contributed by atoms with Crippen molar-refractivity contribution in [1.82, 2.24) is 10.5 Å². The van der Waals surface area contributed by atoms with E-state index in [4.69, 9.17) is 4.52 Å². The van der Waals surface area contributed by atoms with Gasteiger partial charge in [-0.1, -0.05) is 32.3 Å². The van der Waals surface area contributed by atoms with Crippen LogP contribution in [0.4, 0.5) is 5.82 Å². The van der Waals surface area contributed by atoms with Crippen LogP contribution in [-0.2, 0) is 10.2 Å². The van der Waals surface area contributed by atoms with Gasteiger partial charge in [-0.2, -0.15) is 0 Å². The maximum atomic E-state index is 12.0. The van der Waals surface area contributed by atoms with E-state index < -0.39 is 0 Å². The molecular formula is C13H22ClN3O2. The number of hydrogen-bond acceptors (Lipinski definition) is 4. The van der Waals surface area contributed by atoms with Gasteiger partial charge in [0.1, 0.15) is 5.76 Å². The summed E-state index contributed by atoms with van der Waals surface area (Å²) in [6.07, 6.45) is 3.12. The van der Waals surface area contributed by atoms with Crippen molar-refractivity contribution in [1.29, 1.82) is 0 Å². The van der Waals surface area contributed by atoms with Gasteiger partial charge in [0, 0.05) is 11.5 Å². The van der Waals surface area contributed by atoms with E-state index in [0.29, 0.717) is 5.82 Å². The van der Waals surface area contributed by atoms with Gasteiger partial charge in [-0.05, 0) is 19.4 Å². The van der Waals surface area contributed by atoms with Gasteiger partial charge in [-0.15, -0.1) is 12.4 Å². The quantitative estimate of drug-likeness (QED) is 0.877. The third kappa shape index (κ3) is 4.21. The fourth-order valence-corrected chi connectivity index (χ4v) is 1.98. The van der Waals surface area contributed by atoms with Crippen LogP contribution in [0.15, 0.2) is 10.6 Å². The minimum atomic E-state index is -0.103. The second-order valence-corrected chi connectivity index (χ2v) is 5.82. The number of nitrogens with one attached hydrogen (secondary N) is 2. The maximum absolute atomic E-state index is 12.0. The minimum absolute atomic E-state index is 0. The summed E-state index contributed by atoms with van der Waals surface area (Å²) in [5.41, 5.74) is -0.0981. The zero-order valence-corrected chi connectivity index (χ0v) is 12.5. The Morgan fingerprint density at radius 1 is 1.47 bits per heavy atom. The molecule has 5 nitrogen and oxygen atoms in total. The Bertz CT molecular complexity index is 420. The molecule has 1 saturated heterocycles. The normalized spacial score (nSPS) is 19.6. The third-order valence-electron chi connectivity index (χ3n) is 3.13. The molecule has 1 aromatic heterocycles. The fraction of sp³-hybridized carbons (Fsp3) is 0.692. The van der Waals surface area contributed by atoms with Crippen molar-refractivity contribution in [2.75, 3.05) is 11.9 Å². The second kappa shape index (κ2) is 6.39. The molecule has 0 radical (unpaired) electrons. The van der Waals surface area contributed by atoms with Gasteiger partial charge in [0.25, 0.3) is 0 Å². The first-order valence-electron chi connectivity index (χ1n) is 6.48. The summed E-state index contributed by atoms with van der Waals surface area (Å²) >= 11 is 0. The van der Waals surface area contributed by atoms with Crippen LogP contribution < -0.4 is 10.6 Å². The van der Waals surface area contributed by atoms with Crippen molar-refractivity contribution in [2.24, 2.45) is 0 Å². The Hall–Kier alpha value is -1.07. The number of anilines is 1. The number of rotatable bonds is 2. The summed E-state index contributed by atoms with van der Waals surface area (Å²) in [6, 6.07) is 1.69. The van der Waals surface area contributed by atoms with Crippen molar-refractivity contribution < 1.29 is 9.32 Å². The van der Waals surface area contributed by atoms with Gasteiger partial charge in [0.15, 0.2) is 5.82 Å². The predicted octanol–water partition coefficient (Wildman–Crippen LogP) is 2.47. The summed E-state index contributed by atoms with van der Waals surface area (Å²) < 4.78 is 5.23. The molecule has 1 fully saturated rings. The third-order valence-corrected chi connectivity index (χ3v) is 3.13. The molecule has 0 bridgehead atoms. The van der Waals surface area contributed by atoms with Gasteiger partial charge < -0.3 is 15.2 Å². The SMILES string of the molecule is CC(C)(C)c1cc(NC(=O)C2CCCCN2)no1.Cl. The second-order valence-electron chi connectivity index (χ2n) is 5.82. The lowest BCUT2D eigenvalue weighted by atomic mass is 9.93. The van der Waals surface area contributed by atoms with E-state index in [2.05, 4.69) is 15.8 Å². The number of halogens is 1. The molecule has 0 saturated carbocycles. The number of piperidine rings is 1. The molecule has 2 rings (SSSR count). The highest BCUT2D eigenvalue weighted by atomic mass is 35.5. The fourth-order valence-electron chi connectivity index (χ4n) is 1.98. The molecule has 6 heteroatoms. The molecule has 0 spiro atoms. The Morgan fingerprint density at radius 2 is 2.21 bits per heavy atom. The van der Waals surface area contributed by atoms with Gasteiger partial charge >= 0.3 is 0 Å². The Kier molecular flexibility index (Phi) is 5.38. The summed E-state index contributed by atoms with van der Waals surface area (Å²) in [5.74, 6) is 1.25. The molecule has 108 valence electrons. The summed E-state index contributed by atoms with van der Waals surface area (Å²) in [4.78, 5) is 12.0. The summed E-state index contributed by atoms with van der Waals surface area (Å²) in [7, 11) is 0. The predicted molar refractivity (Wildman–Crippen MR) is 76.7 cm³/mol. The standard InChI is InChI=1S/C13H21N3O2.ClH/c1-13(2,3)10-8-11(16-18-10)15-12(17)9-6-4-5-7-14-9;/h8-9,14H,4-7H2,1-3H3,(H,15,16,17);1H. The van der Waals surface area contributed by atoms with E-state index in [9.17, 15) is 4.79 Å². The summed E-state index contributed by atoms with van der Waals surface area (Å²) in [6.45, 7) is 7.04. The van der Waals surface area contributed by atoms with E-state index in [1.807, 2.05) is 20.8 Å². The van der Waals surface area contributed by atoms with Crippen LogP contribution in [0, 0.1) is 0 Å². The Morgan fingerprint density at radius 3 is 2.74 bits per heavy atom. The van der Waals surface area contributed by atoms with Crippen LogP contribution in [0.25, 0.3) is 0 Å². The number of aromatic nitrogens is 1. The molecule has 1 atom stereocenters. The first-order valence-corrected chi connectivity index (χ1v) is 6.48. The van der Waals surface area contributed by atoms with Crippen molar-refractivity contribution in [3.8, 4) is 0 Å². The smallest absolute Gasteiger partial charge is 0.242 e. The van der Waals surface area contributed by atoms with Crippen LogP contribution >= 0.6 is 12.4 Å². The highest BCUT2D eigenvalue weighted by Crippen LogP contribution is 2.24. The van der Waals surface area contributed by atoms with Gasteiger partial charge in [0.05, 0.1) is 6.04 Å². The van der Waals surface area contributed by atoms with Crippen molar-refractivity contribution in [2.45, 2.75) is 51.5 Å². The first-order chi connectivity index (χ1) is 8.47. The molecule has 1 unspecified atom stereocenters. The Balaban J connectivity index is 0.00000180. The van der Waals surface area contributed by atoms with Crippen LogP contribution in [0.2, 0.25) is 0 Å². The minimum Gasteiger partial charge on any atom is -0.359 e. The van der Waals surface area contributed by atoms with Gasteiger partial charge in [-0.3, -0.25) is 4.79 Å².